The summed E-state index contributed by atoms with van der Waals surface area (Å²) >= 11 is 6.43. The highest BCUT2D eigenvalue weighted by Crippen LogP contribution is 2.30. The van der Waals surface area contributed by atoms with Gasteiger partial charge < -0.3 is 21.3 Å². The first-order chi connectivity index (χ1) is 17.7. The van der Waals surface area contributed by atoms with Crippen molar-refractivity contribution in [2.24, 2.45) is 11.5 Å². The predicted molar refractivity (Wildman–Crippen MR) is 161 cm³/mol. The minimum Gasteiger partial charge on any atom is -0.373 e. The monoisotopic (exact) mass is 519 g/mol. The van der Waals surface area contributed by atoms with Crippen LogP contribution in [0.5, 0.6) is 0 Å². The van der Waals surface area contributed by atoms with Gasteiger partial charge in [-0.15, -0.1) is 0 Å². The summed E-state index contributed by atoms with van der Waals surface area (Å²) in [5.74, 6) is 0. The second-order valence-electron chi connectivity index (χ2n) is 10.1. The van der Waals surface area contributed by atoms with Crippen molar-refractivity contribution in [2.45, 2.75) is 38.6 Å². The molecular weight excluding hydrogens is 478 g/mol. The third-order valence-electron chi connectivity index (χ3n) is 7.05. The molecule has 4 N–H and O–H groups in total. The molecule has 4 rings (SSSR count). The number of fused-ring (bicyclic) bond motifs is 1. The lowest BCUT2D eigenvalue weighted by molar-refractivity contribution is 0.182. The van der Waals surface area contributed by atoms with Gasteiger partial charge in [0.05, 0.1) is 21.8 Å². The highest BCUT2D eigenvalue weighted by Gasteiger charge is 2.19. The van der Waals surface area contributed by atoms with Crippen molar-refractivity contribution in [3.63, 3.8) is 0 Å². The Morgan fingerprint density at radius 1 is 1.11 bits per heavy atom. The van der Waals surface area contributed by atoms with Crippen LogP contribution in [0.3, 0.4) is 0 Å². The number of benzene rings is 2. The van der Waals surface area contributed by atoms with Gasteiger partial charge in [-0.2, -0.15) is 0 Å². The summed E-state index contributed by atoms with van der Waals surface area (Å²) in [6.45, 7) is 17.2. The maximum atomic E-state index is 6.43. The van der Waals surface area contributed by atoms with Crippen LogP contribution < -0.4 is 11.5 Å². The number of halogens is 1. The molecule has 0 bridgehead atoms. The van der Waals surface area contributed by atoms with Crippen LogP contribution >= 0.6 is 11.6 Å². The molecule has 3 aromatic rings. The second-order valence-corrected chi connectivity index (χ2v) is 10.5. The minimum atomic E-state index is -0.536. The van der Waals surface area contributed by atoms with Gasteiger partial charge in [-0.3, -0.25) is 0 Å². The first-order valence-electron chi connectivity index (χ1n) is 13.1. The molecule has 1 aliphatic rings. The van der Waals surface area contributed by atoms with Crippen molar-refractivity contribution in [1.82, 2.24) is 14.8 Å². The van der Waals surface area contributed by atoms with E-state index in [-0.39, 0.29) is 0 Å². The first-order valence-corrected chi connectivity index (χ1v) is 13.5. The molecule has 0 radical (unpaired) electrons. The quantitative estimate of drug-likeness (QED) is 0.367. The Morgan fingerprint density at radius 3 is 2.38 bits per heavy atom. The zero-order chi connectivity index (χ0) is 27.0. The number of nitrogens with two attached hydrogens (primary N) is 2. The van der Waals surface area contributed by atoms with Crippen LogP contribution in [0.25, 0.3) is 28.2 Å². The second kappa shape index (κ2) is 13.2. The van der Waals surface area contributed by atoms with E-state index in [4.69, 9.17) is 28.1 Å². The van der Waals surface area contributed by atoms with E-state index < -0.39 is 5.54 Å². The van der Waals surface area contributed by atoms with Gasteiger partial charge in [-0.05, 0) is 50.1 Å². The number of allylic oxidation sites excluding steroid dienone is 1. The van der Waals surface area contributed by atoms with Crippen LogP contribution in [0.1, 0.15) is 44.2 Å². The van der Waals surface area contributed by atoms with E-state index in [9.17, 15) is 0 Å². The van der Waals surface area contributed by atoms with E-state index in [1.807, 2.05) is 55.5 Å². The Kier molecular flexibility index (Phi) is 10.3. The summed E-state index contributed by atoms with van der Waals surface area (Å²) in [4.78, 5) is 9.56. The van der Waals surface area contributed by atoms with Gasteiger partial charge in [0.2, 0.25) is 0 Å². The maximum Gasteiger partial charge on any atom is 0.0730 e. The molecule has 0 spiro atoms. The summed E-state index contributed by atoms with van der Waals surface area (Å²) in [6, 6.07) is 15.8. The molecule has 0 amide bonds. The van der Waals surface area contributed by atoms with Crippen molar-refractivity contribution >= 4 is 28.6 Å². The third-order valence-corrected chi connectivity index (χ3v) is 7.37. The average molecular weight is 520 g/mol. The predicted octanol–water partition coefficient (Wildman–Crippen LogP) is 6.27. The topological polar surface area (TPSA) is 71.4 Å². The van der Waals surface area contributed by atoms with Crippen molar-refractivity contribution in [1.29, 1.82) is 0 Å². The number of pyridine rings is 1. The van der Waals surface area contributed by atoms with Gasteiger partial charge in [0.1, 0.15) is 0 Å². The highest BCUT2D eigenvalue weighted by molar-refractivity contribution is 6.35. The minimum absolute atomic E-state index is 0.386. The lowest BCUT2D eigenvalue weighted by Gasteiger charge is -2.35. The molecule has 6 heteroatoms. The van der Waals surface area contributed by atoms with Crippen LogP contribution in [0, 0.1) is 0 Å². The Bertz CT molecular complexity index is 1190. The van der Waals surface area contributed by atoms with Gasteiger partial charge in [0.15, 0.2) is 0 Å². The lowest BCUT2D eigenvalue weighted by Crippen LogP contribution is -2.43. The van der Waals surface area contributed by atoms with Crippen molar-refractivity contribution in [2.75, 3.05) is 39.8 Å². The van der Waals surface area contributed by atoms with E-state index in [1.165, 1.54) is 51.1 Å². The number of unbranched alkanes of at least 4 members (excludes halogenated alkanes) is 1. The maximum absolute atomic E-state index is 6.43. The molecule has 1 atom stereocenters. The van der Waals surface area contributed by atoms with Gasteiger partial charge in [-0.1, -0.05) is 80.6 Å². The SMILES string of the molecule is C=C(CCCC)N1CCN(C)CC1.C=Cc1ccc2c(Cl)cc(-c3ccc(C(C)(N)CN)cc3)nc2c1. The average Bonchev–Trinajstić information content (AvgIpc) is 2.92. The third kappa shape index (κ3) is 7.65. The molecule has 2 aromatic carbocycles. The number of piperazine rings is 1. The molecule has 0 aliphatic carbocycles. The fourth-order valence-corrected chi connectivity index (χ4v) is 4.54. The first kappa shape index (κ1) is 28.9. The molecule has 0 saturated carbocycles. The van der Waals surface area contributed by atoms with Crippen LogP contribution in [0.2, 0.25) is 5.02 Å². The molecule has 2 heterocycles. The smallest absolute Gasteiger partial charge is 0.0730 e. The van der Waals surface area contributed by atoms with Gasteiger partial charge in [0, 0.05) is 49.4 Å². The van der Waals surface area contributed by atoms with E-state index in [2.05, 4.69) is 36.9 Å². The fraction of sp³-hybridized carbons (Fsp3) is 0.387. The Morgan fingerprint density at radius 2 is 1.78 bits per heavy atom. The van der Waals surface area contributed by atoms with E-state index >= 15 is 0 Å². The molecule has 1 fully saturated rings. The number of hydrogen-bond acceptors (Lipinski definition) is 5. The van der Waals surface area contributed by atoms with Crippen LogP contribution in [-0.4, -0.2) is 54.6 Å². The largest absolute Gasteiger partial charge is 0.373 e. The summed E-state index contributed by atoms with van der Waals surface area (Å²) in [5, 5.41) is 1.61. The number of rotatable bonds is 8. The highest BCUT2D eigenvalue weighted by atomic mass is 35.5. The van der Waals surface area contributed by atoms with E-state index in [0.717, 1.165) is 33.3 Å². The molecule has 1 aliphatic heterocycles. The van der Waals surface area contributed by atoms with Crippen LogP contribution in [0.15, 0.2) is 67.4 Å². The van der Waals surface area contributed by atoms with Gasteiger partial charge in [0.25, 0.3) is 0 Å². The number of hydrogen-bond donors (Lipinski definition) is 2. The summed E-state index contributed by atoms with van der Waals surface area (Å²) in [5.41, 5.74) is 17.4. The Balaban J connectivity index is 0.000000248. The van der Waals surface area contributed by atoms with Gasteiger partial charge >= 0.3 is 0 Å². The Labute approximate surface area is 227 Å². The molecule has 37 heavy (non-hydrogen) atoms. The molecule has 1 aromatic heterocycles. The molecule has 1 unspecified atom stereocenters. The lowest BCUT2D eigenvalue weighted by atomic mass is 9.92. The van der Waals surface area contributed by atoms with E-state index in [0.29, 0.717) is 11.6 Å². The zero-order valence-electron chi connectivity index (χ0n) is 22.6. The van der Waals surface area contributed by atoms with Crippen molar-refractivity contribution in [3.05, 3.63) is 83.5 Å². The standard InChI is InChI=1S/C20H20ClN3.C11H22N2/c1-3-13-4-9-16-17(21)11-18(24-19(16)10-13)14-5-7-15(8-6-14)20(2,23)12-22;1-4-5-6-11(2)13-9-7-12(3)8-10-13/h3-11H,1,12,22-23H2,2H3;2,4-10H2,1,3H3. The zero-order valence-corrected chi connectivity index (χ0v) is 23.4. The van der Waals surface area contributed by atoms with Crippen molar-refractivity contribution in [3.8, 4) is 11.3 Å². The summed E-state index contributed by atoms with van der Waals surface area (Å²) in [6.07, 6.45) is 5.53. The van der Waals surface area contributed by atoms with E-state index in [1.54, 1.807) is 6.08 Å². The summed E-state index contributed by atoms with van der Waals surface area (Å²) in [7, 11) is 2.19. The normalized spacial score (nSPS) is 15.6. The van der Waals surface area contributed by atoms with Crippen LogP contribution in [0.4, 0.5) is 0 Å². The summed E-state index contributed by atoms with van der Waals surface area (Å²) < 4.78 is 0. The molecule has 1 saturated heterocycles. The van der Waals surface area contributed by atoms with Crippen molar-refractivity contribution < 1.29 is 0 Å². The molecular formula is C31H42ClN5. The number of aromatic nitrogens is 1. The Hall–Kier alpha value is -2.70. The number of likely N-dealkylation sites (N-methyl/N-ethyl adjacent to an activating group) is 1. The van der Waals surface area contributed by atoms with Crippen LogP contribution in [-0.2, 0) is 5.54 Å². The molecule has 5 nitrogen and oxygen atoms in total. The fourth-order valence-electron chi connectivity index (χ4n) is 4.28. The number of nitrogens with zero attached hydrogens (tertiary/aromatic N) is 3. The molecule has 198 valence electrons. The van der Waals surface area contributed by atoms with Gasteiger partial charge in [-0.25, -0.2) is 4.98 Å².